The quantitative estimate of drug-likeness (QED) is 0.540. The fraction of sp³-hybridized carbons (Fsp3) is 0.333. The van der Waals surface area contributed by atoms with Gasteiger partial charge < -0.3 is 14.5 Å². The van der Waals surface area contributed by atoms with E-state index >= 15 is 0 Å². The number of nitrogens with zero attached hydrogens (tertiary/aromatic N) is 2. The Bertz CT molecular complexity index is 1030. The van der Waals surface area contributed by atoms with Crippen LogP contribution in [0.2, 0.25) is 5.02 Å². The molecular formula is C24H25ClN2O3. The zero-order valence-corrected chi connectivity index (χ0v) is 18.3. The number of carbonyl (C=O) groups is 2. The summed E-state index contributed by atoms with van der Waals surface area (Å²) in [5.41, 5.74) is 2.04. The maximum atomic E-state index is 13.2. The average Bonchev–Trinajstić information content (AvgIpc) is 2.71. The van der Waals surface area contributed by atoms with Gasteiger partial charge in [0.1, 0.15) is 11.7 Å². The lowest BCUT2D eigenvalue weighted by molar-refractivity contribution is -0.170. The van der Waals surface area contributed by atoms with Gasteiger partial charge in [-0.1, -0.05) is 29.8 Å². The van der Waals surface area contributed by atoms with Crippen LogP contribution >= 0.6 is 11.6 Å². The highest BCUT2D eigenvalue weighted by Gasteiger charge is 2.54. The van der Waals surface area contributed by atoms with Gasteiger partial charge in [0, 0.05) is 49.8 Å². The molecule has 156 valence electrons. The number of allylic oxidation sites excluding steroid dienone is 1. The Hall–Kier alpha value is -2.79. The van der Waals surface area contributed by atoms with Crippen LogP contribution in [-0.4, -0.2) is 43.5 Å². The Labute approximate surface area is 181 Å². The summed E-state index contributed by atoms with van der Waals surface area (Å²) in [4.78, 5) is 29.9. The van der Waals surface area contributed by atoms with Crippen LogP contribution in [0.1, 0.15) is 30.4 Å². The Morgan fingerprint density at radius 2 is 1.93 bits per heavy atom. The maximum absolute atomic E-state index is 13.2. The zero-order chi connectivity index (χ0) is 21.6. The van der Waals surface area contributed by atoms with E-state index in [4.69, 9.17) is 16.3 Å². The predicted molar refractivity (Wildman–Crippen MR) is 119 cm³/mol. The molecule has 2 aliphatic heterocycles. The number of ketones is 1. The van der Waals surface area contributed by atoms with Crippen molar-refractivity contribution in [2.45, 2.75) is 25.0 Å². The van der Waals surface area contributed by atoms with Crippen LogP contribution in [0.4, 0.5) is 5.69 Å². The molecule has 0 aliphatic carbocycles. The first-order valence-electron chi connectivity index (χ1n) is 9.95. The van der Waals surface area contributed by atoms with Crippen LogP contribution in [0.5, 0.6) is 5.75 Å². The van der Waals surface area contributed by atoms with E-state index < -0.39 is 11.6 Å². The smallest absolute Gasteiger partial charge is 0.236 e. The molecule has 0 radical (unpaired) electrons. The van der Waals surface area contributed by atoms with Crippen molar-refractivity contribution in [3.05, 3.63) is 64.7 Å². The third kappa shape index (κ3) is 3.47. The molecule has 3 atom stereocenters. The molecule has 2 heterocycles. The Balaban J connectivity index is 1.65. The number of halogens is 1. The van der Waals surface area contributed by atoms with Gasteiger partial charge >= 0.3 is 0 Å². The molecule has 1 fully saturated rings. The van der Waals surface area contributed by atoms with E-state index in [0.717, 1.165) is 16.8 Å². The van der Waals surface area contributed by atoms with E-state index in [0.29, 0.717) is 17.2 Å². The van der Waals surface area contributed by atoms with E-state index in [-0.39, 0.29) is 17.6 Å². The molecule has 2 aromatic carbocycles. The summed E-state index contributed by atoms with van der Waals surface area (Å²) in [6.45, 7) is 1.89. The minimum Gasteiger partial charge on any atom is -0.468 e. The fourth-order valence-electron chi connectivity index (χ4n) is 4.30. The Kier molecular flexibility index (Phi) is 5.10. The van der Waals surface area contributed by atoms with Crippen molar-refractivity contribution < 1.29 is 14.3 Å². The summed E-state index contributed by atoms with van der Waals surface area (Å²) in [6, 6.07) is 13.3. The van der Waals surface area contributed by atoms with Crippen molar-refractivity contribution in [3.63, 3.8) is 0 Å². The number of ether oxygens (including phenoxy) is 1. The van der Waals surface area contributed by atoms with Crippen molar-refractivity contribution in [3.8, 4) is 5.75 Å². The number of hydrogen-bond donors (Lipinski definition) is 0. The topological polar surface area (TPSA) is 49.9 Å². The van der Waals surface area contributed by atoms with Crippen LogP contribution in [0.25, 0.3) is 6.08 Å². The number of fused-ring (bicyclic) bond motifs is 4. The fourth-order valence-corrected chi connectivity index (χ4v) is 4.48. The SMILES string of the molecule is CN(C)c1ccc(C=CC(=O)C2C(=O)N(C)[C@]3(C)CC2c2cc(Cl)ccc2O3)cc1. The molecule has 5 nitrogen and oxygen atoms in total. The predicted octanol–water partition coefficient (Wildman–Crippen LogP) is 4.36. The summed E-state index contributed by atoms with van der Waals surface area (Å²) in [7, 11) is 5.65. The van der Waals surface area contributed by atoms with E-state index in [1.807, 2.05) is 62.3 Å². The summed E-state index contributed by atoms with van der Waals surface area (Å²) in [5.74, 6) is -0.810. The number of likely N-dealkylation sites (tertiary alicyclic amines) is 1. The van der Waals surface area contributed by atoms with E-state index in [1.54, 1.807) is 24.1 Å². The largest absolute Gasteiger partial charge is 0.468 e. The lowest BCUT2D eigenvalue weighted by Crippen LogP contribution is -2.62. The normalized spacial score (nSPS) is 25.1. The summed E-state index contributed by atoms with van der Waals surface area (Å²) >= 11 is 6.20. The molecule has 2 aliphatic rings. The molecule has 0 spiro atoms. The van der Waals surface area contributed by atoms with Crippen LogP contribution in [0.15, 0.2) is 48.5 Å². The second kappa shape index (κ2) is 7.47. The molecule has 1 amide bonds. The van der Waals surface area contributed by atoms with Gasteiger partial charge in [-0.2, -0.15) is 0 Å². The molecule has 1 saturated heterocycles. The van der Waals surface area contributed by atoms with Gasteiger partial charge in [-0.05, 0) is 48.9 Å². The van der Waals surface area contributed by atoms with Crippen LogP contribution in [0, 0.1) is 5.92 Å². The summed E-state index contributed by atoms with van der Waals surface area (Å²) < 4.78 is 6.13. The molecule has 4 rings (SSSR count). The van der Waals surface area contributed by atoms with Crippen molar-refractivity contribution in [2.75, 3.05) is 26.0 Å². The first kappa shape index (κ1) is 20.5. The highest BCUT2D eigenvalue weighted by Crippen LogP contribution is 2.50. The lowest BCUT2D eigenvalue weighted by Gasteiger charge is -2.51. The van der Waals surface area contributed by atoms with Gasteiger partial charge in [0.15, 0.2) is 11.5 Å². The standard InChI is InChI=1S/C24H25ClN2O3/c1-24-14-19(18-13-16(25)8-12-21(18)30-24)22(23(29)27(24)4)20(28)11-7-15-5-9-17(10-6-15)26(2)3/h5-13,19,22H,14H2,1-4H3/t19?,22?,24-/m0/s1. The Morgan fingerprint density at radius 1 is 1.23 bits per heavy atom. The molecule has 2 bridgehead atoms. The number of amides is 1. The van der Waals surface area contributed by atoms with E-state index in [9.17, 15) is 9.59 Å². The summed E-state index contributed by atoms with van der Waals surface area (Å²) in [6.07, 6.45) is 3.83. The van der Waals surface area contributed by atoms with Gasteiger partial charge in [-0.3, -0.25) is 9.59 Å². The molecule has 30 heavy (non-hydrogen) atoms. The van der Waals surface area contributed by atoms with Crippen LogP contribution in [-0.2, 0) is 9.59 Å². The first-order valence-corrected chi connectivity index (χ1v) is 10.3. The monoisotopic (exact) mass is 424 g/mol. The number of piperidine rings is 1. The maximum Gasteiger partial charge on any atom is 0.236 e. The van der Waals surface area contributed by atoms with Gasteiger partial charge in [0.2, 0.25) is 5.91 Å². The highest BCUT2D eigenvalue weighted by molar-refractivity contribution is 6.30. The second-order valence-corrected chi connectivity index (χ2v) is 8.80. The zero-order valence-electron chi connectivity index (χ0n) is 17.6. The minimum absolute atomic E-state index is 0.205. The molecule has 0 aromatic heterocycles. The number of carbonyl (C=O) groups excluding carboxylic acids is 2. The molecular weight excluding hydrogens is 400 g/mol. The van der Waals surface area contributed by atoms with Gasteiger partial charge in [-0.25, -0.2) is 0 Å². The third-order valence-electron chi connectivity index (χ3n) is 6.16. The van der Waals surface area contributed by atoms with Crippen LogP contribution in [0.3, 0.4) is 0 Å². The molecule has 2 aromatic rings. The van der Waals surface area contributed by atoms with Crippen LogP contribution < -0.4 is 9.64 Å². The van der Waals surface area contributed by atoms with Crippen molar-refractivity contribution in [2.24, 2.45) is 5.92 Å². The van der Waals surface area contributed by atoms with Crippen molar-refractivity contribution in [1.82, 2.24) is 4.90 Å². The minimum atomic E-state index is -0.790. The molecule has 0 N–H and O–H groups in total. The average molecular weight is 425 g/mol. The lowest BCUT2D eigenvalue weighted by atomic mass is 9.72. The number of hydrogen-bond acceptors (Lipinski definition) is 4. The number of benzene rings is 2. The van der Waals surface area contributed by atoms with E-state index in [1.165, 1.54) is 6.08 Å². The summed E-state index contributed by atoms with van der Waals surface area (Å²) in [5, 5.41) is 0.565. The number of rotatable bonds is 4. The van der Waals surface area contributed by atoms with Gasteiger partial charge in [0.05, 0.1) is 0 Å². The number of anilines is 1. The molecule has 2 unspecified atom stereocenters. The Morgan fingerprint density at radius 3 is 2.60 bits per heavy atom. The van der Waals surface area contributed by atoms with E-state index in [2.05, 4.69) is 0 Å². The highest BCUT2D eigenvalue weighted by atomic mass is 35.5. The van der Waals surface area contributed by atoms with Crippen molar-refractivity contribution >= 4 is 35.1 Å². The van der Waals surface area contributed by atoms with Gasteiger partial charge in [0.25, 0.3) is 0 Å². The van der Waals surface area contributed by atoms with Gasteiger partial charge in [-0.15, -0.1) is 0 Å². The molecule has 0 saturated carbocycles. The second-order valence-electron chi connectivity index (χ2n) is 8.37. The third-order valence-corrected chi connectivity index (χ3v) is 6.40. The molecule has 6 heteroatoms. The first-order chi connectivity index (χ1) is 14.2. The van der Waals surface area contributed by atoms with Crippen molar-refractivity contribution in [1.29, 1.82) is 0 Å².